The van der Waals surface area contributed by atoms with E-state index in [1.54, 1.807) is 13.0 Å². The number of hydrogen-bond acceptors (Lipinski definition) is 5. The first-order chi connectivity index (χ1) is 16.7. The fourth-order valence-corrected chi connectivity index (χ4v) is 4.54. The minimum Gasteiger partial charge on any atom is -0.388 e. The Hall–Kier alpha value is -3.04. The maximum atomic E-state index is 15.3. The zero-order chi connectivity index (χ0) is 25.9. The molecule has 2 unspecified atom stereocenters. The molecule has 0 saturated heterocycles. The largest absolute Gasteiger partial charge is 0.388 e. The predicted octanol–water partition coefficient (Wildman–Crippen LogP) is 4.63. The Morgan fingerprint density at radius 2 is 2.03 bits per heavy atom. The van der Waals surface area contributed by atoms with Crippen molar-refractivity contribution in [2.24, 2.45) is 11.0 Å². The lowest BCUT2D eigenvalue weighted by Crippen LogP contribution is -2.42. The van der Waals surface area contributed by atoms with Crippen LogP contribution in [-0.2, 0) is 4.79 Å². The third-order valence-electron chi connectivity index (χ3n) is 6.47. The summed E-state index contributed by atoms with van der Waals surface area (Å²) in [6, 6.07) is 6.90. The third-order valence-corrected chi connectivity index (χ3v) is 6.77. The Labute approximate surface area is 208 Å². The lowest BCUT2D eigenvalue weighted by atomic mass is 9.79. The van der Waals surface area contributed by atoms with Gasteiger partial charge in [-0.15, -0.1) is 0 Å². The number of amides is 2. The molecule has 2 aromatic carbocycles. The molecule has 3 rings (SSSR count). The number of aliphatic hydroxyl groups is 1. The topological polar surface area (TPSA) is 76.5 Å². The molecule has 2 aromatic rings. The highest BCUT2D eigenvalue weighted by Gasteiger charge is 2.37. The second-order valence-electron chi connectivity index (χ2n) is 8.46. The molecule has 1 heterocycles. The van der Waals surface area contributed by atoms with E-state index in [1.165, 1.54) is 40.1 Å². The van der Waals surface area contributed by atoms with Crippen LogP contribution in [0.3, 0.4) is 0 Å². The van der Waals surface area contributed by atoms with E-state index in [0.717, 1.165) is 12.5 Å². The summed E-state index contributed by atoms with van der Waals surface area (Å²) in [4.78, 5) is 27.2. The molecule has 0 fully saturated rings. The lowest BCUT2D eigenvalue weighted by Gasteiger charge is -2.38. The minimum absolute atomic E-state index is 0.0227. The first-order valence-electron chi connectivity index (χ1n) is 11.4. The third kappa shape index (κ3) is 5.16. The second kappa shape index (κ2) is 11.1. The van der Waals surface area contributed by atoms with Crippen LogP contribution >= 0.6 is 11.6 Å². The van der Waals surface area contributed by atoms with Crippen LogP contribution in [0, 0.1) is 17.6 Å². The molecule has 0 saturated carbocycles. The number of aliphatic hydroxyl groups excluding tert-OH is 1. The Morgan fingerprint density at radius 1 is 1.31 bits per heavy atom. The summed E-state index contributed by atoms with van der Waals surface area (Å²) in [5.74, 6) is -1.98. The fourth-order valence-electron chi connectivity index (χ4n) is 4.28. The SMILES string of the molecule is CCC(C)C1CN(c2c(F)cccc2Cl)C(=O)c2cc(F)c(N(C)/N=C(/CO)N(C=O)CC)cc21. The molecular weight excluding hydrogens is 478 g/mol. The van der Waals surface area contributed by atoms with Crippen molar-refractivity contribution in [1.29, 1.82) is 0 Å². The van der Waals surface area contributed by atoms with Gasteiger partial charge < -0.3 is 10.0 Å². The number of carbonyl (C=O) groups excluding carboxylic acids is 2. The van der Waals surface area contributed by atoms with Gasteiger partial charge in [-0.05, 0) is 42.7 Å². The van der Waals surface area contributed by atoms with Gasteiger partial charge in [0.1, 0.15) is 18.2 Å². The minimum atomic E-state index is -0.723. The van der Waals surface area contributed by atoms with E-state index in [1.807, 2.05) is 13.8 Å². The van der Waals surface area contributed by atoms with Crippen LogP contribution in [0.5, 0.6) is 0 Å². The molecule has 35 heavy (non-hydrogen) atoms. The van der Waals surface area contributed by atoms with Gasteiger partial charge in [0.25, 0.3) is 5.91 Å². The van der Waals surface area contributed by atoms with Crippen LogP contribution in [0.4, 0.5) is 20.2 Å². The molecule has 0 aliphatic carbocycles. The van der Waals surface area contributed by atoms with E-state index in [4.69, 9.17) is 11.6 Å². The quantitative estimate of drug-likeness (QED) is 0.245. The van der Waals surface area contributed by atoms with Crippen LogP contribution in [0.25, 0.3) is 0 Å². The Bertz CT molecular complexity index is 1120. The summed E-state index contributed by atoms with van der Waals surface area (Å²) in [6.45, 7) is 5.68. The average molecular weight is 507 g/mol. The molecule has 2 atom stereocenters. The second-order valence-corrected chi connectivity index (χ2v) is 8.87. The standard InChI is InChI=1S/C25H29ClF2N4O3/c1-5-15(3)18-12-32(24-19(26)8-7-9-20(24)27)25(35)17-10-21(28)22(11-16(17)18)30(4)29-23(13-33)31(6-2)14-34/h7-11,14-15,18,33H,5-6,12-13H2,1-4H3/b29-23-. The van der Waals surface area contributed by atoms with Gasteiger partial charge >= 0.3 is 0 Å². The number of likely N-dealkylation sites (N-methyl/N-ethyl adjacent to an activating group) is 1. The van der Waals surface area contributed by atoms with Crippen molar-refractivity contribution >= 4 is 41.1 Å². The molecule has 0 bridgehead atoms. The van der Waals surface area contributed by atoms with E-state index in [9.17, 15) is 19.1 Å². The number of halogens is 3. The molecule has 2 amide bonds. The molecule has 0 spiro atoms. The zero-order valence-corrected chi connectivity index (χ0v) is 20.9. The molecular formula is C25H29ClF2N4O3. The van der Waals surface area contributed by atoms with E-state index in [0.29, 0.717) is 12.0 Å². The number of nitrogens with zero attached hydrogens (tertiary/aromatic N) is 4. The normalized spacial score (nSPS) is 16.7. The summed E-state index contributed by atoms with van der Waals surface area (Å²) in [5, 5.41) is 15.2. The van der Waals surface area contributed by atoms with Crippen molar-refractivity contribution in [3.05, 3.63) is 58.1 Å². The maximum absolute atomic E-state index is 15.3. The van der Waals surface area contributed by atoms with Crippen LogP contribution < -0.4 is 9.91 Å². The highest BCUT2D eigenvalue weighted by molar-refractivity contribution is 6.34. The number of carbonyl (C=O) groups is 2. The number of anilines is 2. The van der Waals surface area contributed by atoms with E-state index in [2.05, 4.69) is 5.10 Å². The van der Waals surface area contributed by atoms with Gasteiger partial charge in [-0.1, -0.05) is 37.9 Å². The van der Waals surface area contributed by atoms with Crippen molar-refractivity contribution in [3.63, 3.8) is 0 Å². The molecule has 188 valence electrons. The predicted molar refractivity (Wildman–Crippen MR) is 133 cm³/mol. The van der Waals surface area contributed by atoms with Crippen molar-refractivity contribution in [3.8, 4) is 0 Å². The van der Waals surface area contributed by atoms with Gasteiger partial charge in [-0.3, -0.25) is 19.5 Å². The highest BCUT2D eigenvalue weighted by Crippen LogP contribution is 2.41. The van der Waals surface area contributed by atoms with E-state index < -0.39 is 24.1 Å². The summed E-state index contributed by atoms with van der Waals surface area (Å²) in [6.07, 6.45) is 1.31. The van der Waals surface area contributed by atoms with Crippen LogP contribution in [0.1, 0.15) is 49.0 Å². The van der Waals surface area contributed by atoms with E-state index >= 15 is 4.39 Å². The molecule has 0 radical (unpaired) electrons. The van der Waals surface area contributed by atoms with Crippen molar-refractivity contribution in [2.45, 2.75) is 33.1 Å². The summed E-state index contributed by atoms with van der Waals surface area (Å²) < 4.78 is 30.0. The molecule has 10 heteroatoms. The van der Waals surface area contributed by atoms with Crippen LogP contribution in [0.2, 0.25) is 5.02 Å². The molecule has 1 aliphatic rings. The number of benzene rings is 2. The highest BCUT2D eigenvalue weighted by atomic mass is 35.5. The lowest BCUT2D eigenvalue weighted by molar-refractivity contribution is -0.114. The van der Waals surface area contributed by atoms with Gasteiger partial charge in [-0.2, -0.15) is 5.10 Å². The van der Waals surface area contributed by atoms with Gasteiger partial charge in [-0.25, -0.2) is 8.78 Å². The number of rotatable bonds is 8. The Balaban J connectivity index is 2.13. The summed E-state index contributed by atoms with van der Waals surface area (Å²) >= 11 is 6.25. The smallest absolute Gasteiger partial charge is 0.258 e. The monoisotopic (exact) mass is 506 g/mol. The van der Waals surface area contributed by atoms with Crippen molar-refractivity contribution in [1.82, 2.24) is 4.90 Å². The average Bonchev–Trinajstić information content (AvgIpc) is 2.84. The molecule has 0 aromatic heterocycles. The van der Waals surface area contributed by atoms with E-state index in [-0.39, 0.29) is 52.7 Å². The number of hydrazone groups is 1. The number of amidine groups is 1. The molecule has 1 aliphatic heterocycles. The van der Waals surface area contributed by atoms with Crippen LogP contribution in [-0.4, -0.2) is 54.9 Å². The van der Waals surface area contributed by atoms with Gasteiger partial charge in [0.2, 0.25) is 6.41 Å². The van der Waals surface area contributed by atoms with Crippen molar-refractivity contribution in [2.75, 3.05) is 36.7 Å². The summed E-state index contributed by atoms with van der Waals surface area (Å²) in [5.41, 5.74) is 0.810. The number of fused-ring (bicyclic) bond motifs is 1. The first kappa shape index (κ1) is 26.6. The Kier molecular flexibility index (Phi) is 8.45. The number of hydrogen-bond donors (Lipinski definition) is 1. The van der Waals surface area contributed by atoms with Gasteiger partial charge in [0.05, 0.1) is 16.4 Å². The maximum Gasteiger partial charge on any atom is 0.258 e. The Morgan fingerprint density at radius 3 is 2.60 bits per heavy atom. The number of para-hydroxylation sites is 1. The van der Waals surface area contributed by atoms with Crippen molar-refractivity contribution < 1.29 is 23.5 Å². The van der Waals surface area contributed by atoms with Crippen LogP contribution in [0.15, 0.2) is 35.4 Å². The molecule has 1 N–H and O–H groups in total. The first-order valence-corrected chi connectivity index (χ1v) is 11.8. The molecule has 7 nitrogen and oxygen atoms in total. The van der Waals surface area contributed by atoms with Gasteiger partial charge in [0, 0.05) is 31.6 Å². The zero-order valence-electron chi connectivity index (χ0n) is 20.1. The van der Waals surface area contributed by atoms with Gasteiger partial charge in [0.15, 0.2) is 5.84 Å². The summed E-state index contributed by atoms with van der Waals surface area (Å²) in [7, 11) is 1.49. The fraction of sp³-hybridized carbons (Fsp3) is 0.400.